The number of nitrogens with two attached hydrogens (primary N) is 2. The Bertz CT molecular complexity index is 59.8. The molecule has 70 valence electrons. The van der Waals surface area contributed by atoms with E-state index in [0.717, 1.165) is 0 Å². The summed E-state index contributed by atoms with van der Waals surface area (Å²) >= 11 is 0. The summed E-state index contributed by atoms with van der Waals surface area (Å²) in [5, 5.41) is 0. The Morgan fingerprint density at radius 2 is 0.900 bits per heavy atom. The van der Waals surface area contributed by atoms with E-state index < -0.39 is 7.82 Å². The monoisotopic (exact) mass is 181 g/mol. The summed E-state index contributed by atoms with van der Waals surface area (Å²) in [6.45, 7) is 0. The van der Waals surface area contributed by atoms with Crippen molar-refractivity contribution in [3.8, 4) is 0 Å². The molecule has 9 nitrogen and oxygen atoms in total. The van der Waals surface area contributed by atoms with Gasteiger partial charge in [0, 0.05) is 0 Å². The average Bonchev–Trinajstić information content (AvgIpc) is 1.36. The van der Waals surface area contributed by atoms with Crippen molar-refractivity contribution < 1.29 is 19.2 Å². The van der Waals surface area contributed by atoms with Crippen LogP contribution in [0.1, 0.15) is 0 Å². The van der Waals surface area contributed by atoms with Gasteiger partial charge in [-0.25, -0.2) is 0 Å². The molecule has 0 radical (unpaired) electrons. The average molecular weight is 181 g/mol. The van der Waals surface area contributed by atoms with Crippen molar-refractivity contribution in [1.82, 2.24) is 18.5 Å². The molecule has 0 atom stereocenters. The Hall–Kier alpha value is -0.0900. The highest BCUT2D eigenvalue weighted by molar-refractivity contribution is 7.40. The lowest BCUT2D eigenvalue weighted by molar-refractivity contribution is -0.432. The van der Waals surface area contributed by atoms with Gasteiger partial charge in [0.05, 0.1) is 0 Å². The van der Waals surface area contributed by atoms with Gasteiger partial charge < -0.3 is 37.7 Å². The Kier molecular flexibility index (Phi) is 52.1. The summed E-state index contributed by atoms with van der Waals surface area (Å²) in [4.78, 5) is 25.6. The SMILES string of the molecule is NN.O=P([O-])([O-])[O-].[NH4+].[NH4+].[NH4+]. The summed E-state index contributed by atoms with van der Waals surface area (Å²) in [5.74, 6) is 8.00. The van der Waals surface area contributed by atoms with Gasteiger partial charge in [-0.15, -0.1) is 0 Å². The highest BCUT2D eigenvalue weighted by atomic mass is 31.2. The Balaban J connectivity index is -0.0000000154. The van der Waals surface area contributed by atoms with Gasteiger partial charge in [-0.2, -0.15) is 7.82 Å². The Morgan fingerprint density at radius 3 is 0.900 bits per heavy atom. The Labute approximate surface area is 58.4 Å². The number of quaternary nitrogens is 3. The minimum absolute atomic E-state index is 0. The fourth-order valence-corrected chi connectivity index (χ4v) is 0. The lowest BCUT2D eigenvalue weighted by Crippen LogP contribution is -2.24. The number of hydrogen-bond donors (Lipinski definition) is 5. The zero-order valence-corrected chi connectivity index (χ0v) is 7.13. The molecule has 0 rings (SSSR count). The molecule has 0 aliphatic rings. The van der Waals surface area contributed by atoms with Crippen molar-refractivity contribution in [3.05, 3.63) is 0 Å². The maximum atomic E-state index is 8.55. The molecule has 0 spiro atoms. The minimum atomic E-state index is -5.39. The topological polar surface area (TPSA) is 248 Å². The van der Waals surface area contributed by atoms with Crippen molar-refractivity contribution in [2.45, 2.75) is 0 Å². The van der Waals surface area contributed by atoms with E-state index in [1.165, 1.54) is 0 Å². The van der Waals surface area contributed by atoms with Crippen LogP contribution in [-0.2, 0) is 4.57 Å². The maximum Gasteiger partial charge on any atom is -0.159 e. The first-order valence-corrected chi connectivity index (χ1v) is 2.52. The van der Waals surface area contributed by atoms with E-state index in [9.17, 15) is 0 Å². The van der Waals surface area contributed by atoms with E-state index in [2.05, 4.69) is 11.7 Å². The van der Waals surface area contributed by atoms with Crippen LogP contribution in [0.5, 0.6) is 0 Å². The molecule has 16 N–H and O–H groups in total. The van der Waals surface area contributed by atoms with Crippen LogP contribution in [0.2, 0.25) is 0 Å². The highest BCUT2D eigenvalue weighted by Crippen LogP contribution is 2.03. The fourth-order valence-electron chi connectivity index (χ4n) is 0. The molecular weight excluding hydrogens is 165 g/mol. The molecule has 0 amide bonds. The second-order valence-corrected chi connectivity index (χ2v) is 1.34. The molecular formula is H16N5O4P. The van der Waals surface area contributed by atoms with Crippen molar-refractivity contribution in [3.63, 3.8) is 0 Å². The van der Waals surface area contributed by atoms with E-state index in [4.69, 9.17) is 19.2 Å². The van der Waals surface area contributed by atoms with Crippen LogP contribution in [0.15, 0.2) is 0 Å². The molecule has 0 unspecified atom stereocenters. The number of phosphoric acid groups is 1. The summed E-state index contributed by atoms with van der Waals surface area (Å²) < 4.78 is 8.55. The van der Waals surface area contributed by atoms with Gasteiger partial charge in [-0.05, 0) is 0 Å². The van der Waals surface area contributed by atoms with E-state index >= 15 is 0 Å². The van der Waals surface area contributed by atoms with E-state index in [1.807, 2.05) is 0 Å². The van der Waals surface area contributed by atoms with Crippen LogP contribution in [0.3, 0.4) is 0 Å². The molecule has 0 saturated heterocycles. The second-order valence-electron chi connectivity index (χ2n) is 0.447. The van der Waals surface area contributed by atoms with Crippen LogP contribution < -0.4 is 44.8 Å². The Morgan fingerprint density at radius 1 is 0.900 bits per heavy atom. The van der Waals surface area contributed by atoms with E-state index in [0.29, 0.717) is 0 Å². The molecule has 0 aliphatic heterocycles. The predicted octanol–water partition coefficient (Wildman–Crippen LogP) is -2.88. The van der Waals surface area contributed by atoms with Crippen molar-refractivity contribution >= 4 is 7.82 Å². The molecule has 0 saturated carbocycles. The largest absolute Gasteiger partial charge is 0.822 e. The van der Waals surface area contributed by atoms with Crippen LogP contribution in [0.4, 0.5) is 0 Å². The number of rotatable bonds is 0. The van der Waals surface area contributed by atoms with E-state index in [1.54, 1.807) is 0 Å². The van der Waals surface area contributed by atoms with Gasteiger partial charge in [0.25, 0.3) is 0 Å². The zero-order chi connectivity index (χ0) is 6.50. The first kappa shape index (κ1) is 32.6. The molecule has 0 aliphatic carbocycles. The van der Waals surface area contributed by atoms with Crippen molar-refractivity contribution in [1.29, 1.82) is 0 Å². The maximum absolute atomic E-state index is 8.55. The third-order valence-corrected chi connectivity index (χ3v) is 0. The third kappa shape index (κ3) is 46600. The van der Waals surface area contributed by atoms with Gasteiger partial charge in [0.15, 0.2) is 0 Å². The molecule has 0 aromatic rings. The number of hydrogen-bond acceptors (Lipinski definition) is 6. The van der Waals surface area contributed by atoms with Crippen molar-refractivity contribution in [2.24, 2.45) is 11.7 Å². The fraction of sp³-hybridized carbons (Fsp3) is 0. The lowest BCUT2D eigenvalue weighted by atomic mass is 13.0. The molecule has 0 aromatic carbocycles. The van der Waals surface area contributed by atoms with Gasteiger partial charge in [-0.1, -0.05) is 0 Å². The zero-order valence-electron chi connectivity index (χ0n) is 6.23. The lowest BCUT2D eigenvalue weighted by Gasteiger charge is -2.36. The summed E-state index contributed by atoms with van der Waals surface area (Å²) in [5.41, 5.74) is 0. The summed E-state index contributed by atoms with van der Waals surface area (Å²) in [6, 6.07) is 0. The number of hydrazine groups is 1. The third-order valence-electron chi connectivity index (χ3n) is 0. The van der Waals surface area contributed by atoms with Gasteiger partial charge in [0.1, 0.15) is 0 Å². The quantitative estimate of drug-likeness (QED) is 0.149. The first-order valence-electron chi connectivity index (χ1n) is 1.06. The normalized spacial score (nSPS) is 6.50. The molecule has 10 heavy (non-hydrogen) atoms. The van der Waals surface area contributed by atoms with Crippen LogP contribution in [0.25, 0.3) is 0 Å². The second kappa shape index (κ2) is 16.0. The smallest absolute Gasteiger partial charge is 0.159 e. The van der Waals surface area contributed by atoms with Crippen LogP contribution >= 0.6 is 7.82 Å². The van der Waals surface area contributed by atoms with Crippen LogP contribution in [-0.4, -0.2) is 0 Å². The highest BCUT2D eigenvalue weighted by Gasteiger charge is 1.44. The van der Waals surface area contributed by atoms with E-state index in [-0.39, 0.29) is 18.5 Å². The van der Waals surface area contributed by atoms with Gasteiger partial charge in [-0.3, -0.25) is 11.7 Å². The van der Waals surface area contributed by atoms with Crippen LogP contribution in [0, 0.1) is 0 Å². The standard InChI is InChI=1S/H4N2.3H3N.H3O4P/c1-2;;;;1-5(2,3)4/h1-2H2;3*1H3;(H3,1,2,3,4). The van der Waals surface area contributed by atoms with Gasteiger partial charge in [0.2, 0.25) is 0 Å². The molecule has 0 heterocycles. The minimum Gasteiger partial charge on any atom is -0.822 e. The molecule has 0 aromatic heterocycles. The predicted molar refractivity (Wildman–Crippen MR) is 33.9 cm³/mol. The molecule has 0 bridgehead atoms. The van der Waals surface area contributed by atoms with Crippen molar-refractivity contribution in [2.75, 3.05) is 0 Å². The molecule has 0 fully saturated rings. The first-order chi connectivity index (χ1) is 3.00. The van der Waals surface area contributed by atoms with Gasteiger partial charge >= 0.3 is 0 Å². The summed E-state index contributed by atoms with van der Waals surface area (Å²) in [6.07, 6.45) is 0. The molecule has 10 heteroatoms. The summed E-state index contributed by atoms with van der Waals surface area (Å²) in [7, 11) is -5.39.